The molecule has 0 aliphatic rings. The maximum absolute atomic E-state index is 14.2. The van der Waals surface area contributed by atoms with Crippen LogP contribution >= 0.6 is 0 Å². The Morgan fingerprint density at radius 1 is 0.946 bits per heavy atom. The highest BCUT2D eigenvalue weighted by Gasteiger charge is 2.38. The molecular weight excluding hydrogens is 466 g/mol. The number of aryl methyl sites for hydroxylation is 2. The fraction of sp³-hybridized carbons (Fsp3) is 0.500. The van der Waals surface area contributed by atoms with Gasteiger partial charge in [0.15, 0.2) is 0 Å². The summed E-state index contributed by atoms with van der Waals surface area (Å²) in [4.78, 5) is 42.4. The van der Waals surface area contributed by atoms with E-state index in [1.165, 1.54) is 0 Å². The second-order valence-electron chi connectivity index (χ2n) is 10.6. The van der Waals surface area contributed by atoms with Crippen molar-refractivity contribution >= 4 is 23.6 Å². The van der Waals surface area contributed by atoms with E-state index < -0.39 is 23.8 Å². The lowest BCUT2D eigenvalue weighted by atomic mass is 9.94. The molecule has 7 heteroatoms. The number of benzene rings is 2. The molecule has 2 aromatic rings. The number of alkyl carbamates (subject to hydrolysis) is 1. The summed E-state index contributed by atoms with van der Waals surface area (Å²) in [6, 6.07) is 13.4. The number of carbonyl (C=O) groups excluding carboxylic acids is 3. The molecule has 0 aliphatic carbocycles. The molecule has 0 saturated carbocycles. The van der Waals surface area contributed by atoms with Crippen molar-refractivity contribution in [2.75, 3.05) is 11.9 Å². The van der Waals surface area contributed by atoms with Crippen molar-refractivity contribution in [3.63, 3.8) is 0 Å². The van der Waals surface area contributed by atoms with Crippen molar-refractivity contribution in [2.45, 2.75) is 85.9 Å². The zero-order valence-corrected chi connectivity index (χ0v) is 23.6. The van der Waals surface area contributed by atoms with Gasteiger partial charge in [-0.2, -0.15) is 0 Å². The first-order valence-corrected chi connectivity index (χ1v) is 13.1. The normalized spacial score (nSPS) is 13.7. The van der Waals surface area contributed by atoms with Crippen molar-refractivity contribution in [2.24, 2.45) is 5.92 Å². The number of anilines is 1. The van der Waals surface area contributed by atoms with Gasteiger partial charge in [0, 0.05) is 12.2 Å². The van der Waals surface area contributed by atoms with E-state index in [9.17, 15) is 14.4 Å². The minimum Gasteiger partial charge on any atom is -0.444 e. The standard InChI is InChI=1S/C30H43N3O4/c1-9-19-33(28(35)25(20(3)10-2)32-29(36)37-30(6,7)8)26(23-17-13-11-15-21(23)4)27(34)31-24-18-14-12-16-22(24)5/h11-18,20,25-26H,9-10,19H2,1-8H3,(H,31,34)(H,32,36). The van der Waals surface area contributed by atoms with Crippen LogP contribution in [0, 0.1) is 19.8 Å². The lowest BCUT2D eigenvalue weighted by Crippen LogP contribution is -2.55. The van der Waals surface area contributed by atoms with E-state index in [0.717, 1.165) is 16.7 Å². The highest BCUT2D eigenvalue weighted by atomic mass is 16.6. The maximum atomic E-state index is 14.2. The fourth-order valence-corrected chi connectivity index (χ4v) is 4.16. The van der Waals surface area contributed by atoms with Crippen LogP contribution in [0.25, 0.3) is 0 Å². The lowest BCUT2D eigenvalue weighted by Gasteiger charge is -2.36. The molecule has 3 atom stereocenters. The molecule has 202 valence electrons. The first kappa shape index (κ1) is 29.9. The number of para-hydroxylation sites is 1. The third kappa shape index (κ3) is 8.34. The Kier molecular flexibility index (Phi) is 10.7. The number of hydrogen-bond donors (Lipinski definition) is 2. The summed E-state index contributed by atoms with van der Waals surface area (Å²) in [5, 5.41) is 5.84. The second-order valence-corrected chi connectivity index (χ2v) is 10.6. The van der Waals surface area contributed by atoms with Crippen molar-refractivity contribution < 1.29 is 19.1 Å². The van der Waals surface area contributed by atoms with E-state index in [4.69, 9.17) is 4.74 Å². The first-order chi connectivity index (χ1) is 17.4. The molecule has 0 spiro atoms. The monoisotopic (exact) mass is 509 g/mol. The number of ether oxygens (including phenoxy) is 1. The number of carbonyl (C=O) groups is 3. The van der Waals surface area contributed by atoms with Crippen LogP contribution in [0.4, 0.5) is 10.5 Å². The Hall–Kier alpha value is -3.35. The van der Waals surface area contributed by atoms with Crippen molar-refractivity contribution in [1.29, 1.82) is 0 Å². The highest BCUT2D eigenvalue weighted by Crippen LogP contribution is 2.29. The zero-order chi connectivity index (χ0) is 27.8. The van der Waals surface area contributed by atoms with E-state index in [1.807, 2.05) is 83.1 Å². The summed E-state index contributed by atoms with van der Waals surface area (Å²) in [6.07, 6.45) is 0.654. The van der Waals surface area contributed by atoms with E-state index in [0.29, 0.717) is 25.1 Å². The van der Waals surface area contributed by atoms with Gasteiger partial charge in [0.05, 0.1) is 0 Å². The quantitative estimate of drug-likeness (QED) is 0.401. The minimum absolute atomic E-state index is 0.170. The van der Waals surface area contributed by atoms with Gasteiger partial charge in [-0.05, 0) is 69.7 Å². The Morgan fingerprint density at radius 3 is 2.08 bits per heavy atom. The summed E-state index contributed by atoms with van der Waals surface area (Å²) in [5.41, 5.74) is 2.57. The van der Waals surface area contributed by atoms with Crippen LogP contribution in [0.1, 0.15) is 77.1 Å². The molecule has 0 fully saturated rings. The van der Waals surface area contributed by atoms with Crippen molar-refractivity contribution in [3.8, 4) is 0 Å². The van der Waals surface area contributed by atoms with Crippen LogP contribution < -0.4 is 10.6 Å². The van der Waals surface area contributed by atoms with Crippen LogP contribution in [0.5, 0.6) is 0 Å². The zero-order valence-electron chi connectivity index (χ0n) is 23.6. The van der Waals surface area contributed by atoms with Crippen LogP contribution in [-0.2, 0) is 14.3 Å². The van der Waals surface area contributed by atoms with Crippen LogP contribution in [0.15, 0.2) is 48.5 Å². The highest BCUT2D eigenvalue weighted by molar-refractivity contribution is 5.99. The van der Waals surface area contributed by atoms with Crippen LogP contribution in [0.2, 0.25) is 0 Å². The number of nitrogens with zero attached hydrogens (tertiary/aromatic N) is 1. The molecule has 2 rings (SSSR count). The van der Waals surface area contributed by atoms with Crippen LogP contribution in [-0.4, -0.2) is 41.0 Å². The molecule has 3 unspecified atom stereocenters. The van der Waals surface area contributed by atoms with Gasteiger partial charge in [0.25, 0.3) is 5.91 Å². The summed E-state index contributed by atoms with van der Waals surface area (Å²) < 4.78 is 5.46. The van der Waals surface area contributed by atoms with E-state index in [1.54, 1.807) is 25.7 Å². The Morgan fingerprint density at radius 2 is 1.54 bits per heavy atom. The summed E-state index contributed by atoms with van der Waals surface area (Å²) in [6.45, 7) is 15.4. The van der Waals surface area contributed by atoms with Gasteiger partial charge in [0.1, 0.15) is 17.7 Å². The van der Waals surface area contributed by atoms with Crippen molar-refractivity contribution in [3.05, 3.63) is 65.2 Å². The van der Waals surface area contributed by atoms with Crippen LogP contribution in [0.3, 0.4) is 0 Å². The van der Waals surface area contributed by atoms with Gasteiger partial charge < -0.3 is 20.3 Å². The molecule has 0 heterocycles. The van der Waals surface area contributed by atoms with Gasteiger partial charge in [-0.1, -0.05) is 69.7 Å². The average Bonchev–Trinajstić information content (AvgIpc) is 2.82. The Balaban J connectivity index is 2.54. The molecule has 0 bridgehead atoms. The topological polar surface area (TPSA) is 87.7 Å². The molecule has 2 aromatic carbocycles. The smallest absolute Gasteiger partial charge is 0.408 e. The molecule has 7 nitrogen and oxygen atoms in total. The van der Waals surface area contributed by atoms with Gasteiger partial charge in [-0.3, -0.25) is 9.59 Å². The molecule has 0 saturated heterocycles. The Bertz CT molecular complexity index is 1080. The van der Waals surface area contributed by atoms with Gasteiger partial charge in [-0.15, -0.1) is 0 Å². The molecular formula is C30H43N3O4. The predicted molar refractivity (Wildman–Crippen MR) is 148 cm³/mol. The second kappa shape index (κ2) is 13.3. The van der Waals surface area contributed by atoms with E-state index in [2.05, 4.69) is 10.6 Å². The maximum Gasteiger partial charge on any atom is 0.408 e. The first-order valence-electron chi connectivity index (χ1n) is 13.1. The third-order valence-corrected chi connectivity index (χ3v) is 6.34. The lowest BCUT2D eigenvalue weighted by molar-refractivity contribution is -0.142. The molecule has 0 aliphatic heterocycles. The van der Waals surface area contributed by atoms with Gasteiger partial charge in [-0.25, -0.2) is 4.79 Å². The summed E-state index contributed by atoms with van der Waals surface area (Å²) >= 11 is 0. The SMILES string of the molecule is CCCN(C(=O)C(NC(=O)OC(C)(C)C)C(C)CC)C(C(=O)Nc1ccccc1C)c1ccccc1C. The summed E-state index contributed by atoms with van der Waals surface area (Å²) in [5.74, 6) is -0.780. The fourth-order valence-electron chi connectivity index (χ4n) is 4.16. The number of rotatable bonds is 10. The van der Waals surface area contributed by atoms with Gasteiger partial charge in [0.2, 0.25) is 5.91 Å². The number of nitrogens with one attached hydrogen (secondary N) is 2. The minimum atomic E-state index is -0.875. The van der Waals surface area contributed by atoms with Gasteiger partial charge >= 0.3 is 6.09 Å². The summed E-state index contributed by atoms with van der Waals surface area (Å²) in [7, 11) is 0. The van der Waals surface area contributed by atoms with E-state index in [-0.39, 0.29) is 17.7 Å². The molecule has 3 amide bonds. The number of hydrogen-bond acceptors (Lipinski definition) is 4. The number of amides is 3. The predicted octanol–water partition coefficient (Wildman–Crippen LogP) is 6.16. The molecule has 0 aromatic heterocycles. The largest absolute Gasteiger partial charge is 0.444 e. The molecule has 2 N–H and O–H groups in total. The van der Waals surface area contributed by atoms with E-state index >= 15 is 0 Å². The third-order valence-electron chi connectivity index (χ3n) is 6.34. The average molecular weight is 510 g/mol. The molecule has 37 heavy (non-hydrogen) atoms. The molecule has 0 radical (unpaired) electrons. The van der Waals surface area contributed by atoms with Crippen molar-refractivity contribution in [1.82, 2.24) is 10.2 Å². The Labute approximate surface area is 222 Å².